The van der Waals surface area contributed by atoms with Crippen LogP contribution in [0.3, 0.4) is 0 Å². The fraction of sp³-hybridized carbons (Fsp3) is 0.229. The van der Waals surface area contributed by atoms with Crippen molar-refractivity contribution < 1.29 is 8.98 Å². The molecule has 38 heavy (non-hydrogen) atoms. The van der Waals surface area contributed by atoms with Crippen LogP contribution in [0.2, 0.25) is 0 Å². The Morgan fingerprint density at radius 3 is 2.08 bits per heavy atom. The summed E-state index contributed by atoms with van der Waals surface area (Å²) in [4.78, 5) is 0. The Bertz CT molecular complexity index is 1760. The molecular weight excluding hydrogens is 464 g/mol. The highest BCUT2D eigenvalue weighted by Gasteiger charge is 2.32. The summed E-state index contributed by atoms with van der Waals surface area (Å²) in [6, 6.07) is 30.7. The van der Waals surface area contributed by atoms with Crippen LogP contribution in [-0.2, 0) is 7.05 Å². The zero-order valence-corrected chi connectivity index (χ0v) is 23.1. The summed E-state index contributed by atoms with van der Waals surface area (Å²) >= 11 is 0. The second-order valence-corrected chi connectivity index (χ2v) is 11.0. The summed E-state index contributed by atoms with van der Waals surface area (Å²) in [5, 5.41) is 1.16. The predicted molar refractivity (Wildman–Crippen MR) is 158 cm³/mol. The van der Waals surface area contributed by atoms with Crippen LogP contribution in [0.15, 0.2) is 95.6 Å². The van der Waals surface area contributed by atoms with Crippen molar-refractivity contribution in [3.8, 4) is 28.2 Å². The van der Waals surface area contributed by atoms with Crippen molar-refractivity contribution >= 4 is 22.0 Å². The molecule has 0 bridgehead atoms. The summed E-state index contributed by atoms with van der Waals surface area (Å²) in [7, 11) is 2.19. The number of para-hydroxylation sites is 2. The van der Waals surface area contributed by atoms with Crippen molar-refractivity contribution in [3.63, 3.8) is 0 Å². The third-order valence-corrected chi connectivity index (χ3v) is 7.90. The van der Waals surface area contributed by atoms with E-state index < -0.39 is 0 Å². The summed E-state index contributed by atoms with van der Waals surface area (Å²) < 4.78 is 10.6. The van der Waals surface area contributed by atoms with Gasteiger partial charge in [-0.2, -0.15) is 4.57 Å². The van der Waals surface area contributed by atoms with Gasteiger partial charge >= 0.3 is 0 Å². The highest BCUT2D eigenvalue weighted by Crippen LogP contribution is 2.40. The molecule has 2 aromatic heterocycles. The van der Waals surface area contributed by atoms with Crippen molar-refractivity contribution in [2.45, 2.75) is 46.5 Å². The Morgan fingerprint density at radius 1 is 0.737 bits per heavy atom. The van der Waals surface area contributed by atoms with Crippen molar-refractivity contribution in [1.29, 1.82) is 0 Å². The third kappa shape index (κ3) is 3.77. The van der Waals surface area contributed by atoms with Gasteiger partial charge in [0.15, 0.2) is 11.0 Å². The van der Waals surface area contributed by atoms with Crippen molar-refractivity contribution in [3.05, 3.63) is 108 Å². The van der Waals surface area contributed by atoms with Crippen LogP contribution in [0.5, 0.6) is 0 Å². The van der Waals surface area contributed by atoms with E-state index >= 15 is 0 Å². The van der Waals surface area contributed by atoms with E-state index in [0.717, 1.165) is 11.0 Å². The average Bonchev–Trinajstić information content (AvgIpc) is 3.52. The maximum Gasteiger partial charge on any atom is 0.295 e. The molecule has 0 atom stereocenters. The lowest BCUT2D eigenvalue weighted by Crippen LogP contribution is -2.30. The number of imidazole rings is 1. The topological polar surface area (TPSA) is 21.9 Å². The standard InChI is InChI=1S/C35H35N2O/c1-22(2)29-20-26(25-12-8-7-9-13-25)21-30(23(3)4)34(29)37-32-15-11-10-14-31(32)36(6)35(37)28-16-17-33-27(24(28)5)18-19-38-33/h7-23H,1-6H3/q+1. The number of hydrogen-bond donors (Lipinski definition) is 0. The fourth-order valence-corrected chi connectivity index (χ4v) is 5.89. The summed E-state index contributed by atoms with van der Waals surface area (Å²) in [6.45, 7) is 11.5. The Labute approximate surface area is 225 Å². The van der Waals surface area contributed by atoms with E-state index in [1.165, 1.54) is 55.9 Å². The van der Waals surface area contributed by atoms with Crippen LogP contribution >= 0.6 is 0 Å². The smallest absolute Gasteiger partial charge is 0.295 e. The molecule has 0 saturated carbocycles. The van der Waals surface area contributed by atoms with Gasteiger partial charge in [0.1, 0.15) is 11.3 Å². The summed E-state index contributed by atoms with van der Waals surface area (Å²) in [6.07, 6.45) is 1.78. The van der Waals surface area contributed by atoms with Crippen molar-refractivity contribution in [2.24, 2.45) is 7.05 Å². The molecule has 190 valence electrons. The molecule has 0 spiro atoms. The number of furan rings is 1. The van der Waals surface area contributed by atoms with E-state index in [9.17, 15) is 0 Å². The lowest BCUT2D eigenvalue weighted by Gasteiger charge is -2.21. The second kappa shape index (κ2) is 9.33. The molecule has 2 heterocycles. The van der Waals surface area contributed by atoms with E-state index in [-0.39, 0.29) is 0 Å². The minimum absolute atomic E-state index is 0.350. The molecule has 0 unspecified atom stereocenters. The zero-order valence-electron chi connectivity index (χ0n) is 23.1. The molecule has 0 N–H and O–H groups in total. The number of benzene rings is 4. The van der Waals surface area contributed by atoms with Crippen LogP contribution in [0.25, 0.3) is 50.2 Å². The van der Waals surface area contributed by atoms with Gasteiger partial charge < -0.3 is 4.42 Å². The first-order valence-electron chi connectivity index (χ1n) is 13.6. The summed E-state index contributed by atoms with van der Waals surface area (Å²) in [5.74, 6) is 1.88. The number of rotatable bonds is 5. The fourth-order valence-electron chi connectivity index (χ4n) is 5.89. The first kappa shape index (κ1) is 24.2. The number of aromatic nitrogens is 2. The van der Waals surface area contributed by atoms with Gasteiger partial charge in [0, 0.05) is 16.5 Å². The van der Waals surface area contributed by atoms with Crippen molar-refractivity contribution in [2.75, 3.05) is 0 Å². The van der Waals surface area contributed by atoms with Gasteiger partial charge in [-0.1, -0.05) is 70.2 Å². The Hall–Kier alpha value is -4.11. The highest BCUT2D eigenvalue weighted by atomic mass is 16.3. The molecular formula is C35H35N2O+. The van der Waals surface area contributed by atoms with Gasteiger partial charge in [0.25, 0.3) is 5.82 Å². The first-order chi connectivity index (χ1) is 18.4. The van der Waals surface area contributed by atoms with E-state index in [1.807, 2.05) is 0 Å². The van der Waals surface area contributed by atoms with Crippen LogP contribution in [0, 0.1) is 6.92 Å². The van der Waals surface area contributed by atoms with E-state index in [4.69, 9.17) is 4.42 Å². The SMILES string of the molecule is Cc1c(-c2n(-c3c(C(C)C)cc(-c4ccccc4)cc3C(C)C)c3ccccc3[n+]2C)ccc2occc12. The van der Waals surface area contributed by atoms with Crippen LogP contribution in [0.1, 0.15) is 56.2 Å². The third-order valence-electron chi connectivity index (χ3n) is 7.90. The Kier molecular flexibility index (Phi) is 5.95. The number of fused-ring (bicyclic) bond motifs is 2. The van der Waals surface area contributed by atoms with E-state index in [1.54, 1.807) is 6.26 Å². The maximum atomic E-state index is 5.74. The van der Waals surface area contributed by atoms with Gasteiger partial charge in [0.05, 0.1) is 18.9 Å². The Morgan fingerprint density at radius 2 is 1.39 bits per heavy atom. The van der Waals surface area contributed by atoms with E-state index in [0.29, 0.717) is 11.8 Å². The highest BCUT2D eigenvalue weighted by molar-refractivity contribution is 5.89. The average molecular weight is 500 g/mol. The first-order valence-corrected chi connectivity index (χ1v) is 13.6. The van der Waals surface area contributed by atoms with E-state index in [2.05, 4.69) is 136 Å². The molecule has 3 heteroatoms. The predicted octanol–water partition coefficient (Wildman–Crippen LogP) is 9.09. The molecule has 0 fully saturated rings. The largest absolute Gasteiger partial charge is 0.464 e. The molecule has 0 saturated heterocycles. The molecule has 0 aliphatic carbocycles. The summed E-state index contributed by atoms with van der Waals surface area (Å²) in [5.41, 5.74) is 12.4. The molecule has 4 aromatic carbocycles. The quantitative estimate of drug-likeness (QED) is 0.217. The van der Waals surface area contributed by atoms with Gasteiger partial charge in [-0.05, 0) is 77.9 Å². The molecule has 6 rings (SSSR count). The zero-order chi connectivity index (χ0) is 26.6. The monoisotopic (exact) mass is 499 g/mol. The van der Waals surface area contributed by atoms with Gasteiger partial charge in [-0.15, -0.1) is 0 Å². The van der Waals surface area contributed by atoms with Gasteiger partial charge in [-0.3, -0.25) is 0 Å². The second-order valence-electron chi connectivity index (χ2n) is 11.0. The van der Waals surface area contributed by atoms with Crippen molar-refractivity contribution in [1.82, 2.24) is 4.57 Å². The maximum absolute atomic E-state index is 5.74. The minimum Gasteiger partial charge on any atom is -0.464 e. The Balaban J connectivity index is 1.76. The molecule has 0 aliphatic heterocycles. The minimum atomic E-state index is 0.350. The van der Waals surface area contributed by atoms with Gasteiger partial charge in [0.2, 0.25) is 0 Å². The number of aryl methyl sites for hydroxylation is 2. The molecule has 6 aromatic rings. The molecule has 0 radical (unpaired) electrons. The lowest BCUT2D eigenvalue weighted by molar-refractivity contribution is -0.633. The number of nitrogens with zero attached hydrogens (tertiary/aromatic N) is 2. The normalized spacial score (nSPS) is 11.9. The molecule has 0 aliphatic rings. The van der Waals surface area contributed by atoms with Gasteiger partial charge in [-0.25, -0.2) is 4.57 Å². The number of hydrogen-bond acceptors (Lipinski definition) is 1. The van der Waals surface area contributed by atoms with Crippen LogP contribution < -0.4 is 4.57 Å². The lowest BCUT2D eigenvalue weighted by atomic mass is 9.88. The van der Waals surface area contributed by atoms with Crippen LogP contribution in [-0.4, -0.2) is 4.57 Å². The molecule has 0 amide bonds. The van der Waals surface area contributed by atoms with Crippen LogP contribution in [0.4, 0.5) is 0 Å². The molecule has 3 nitrogen and oxygen atoms in total.